The van der Waals surface area contributed by atoms with Gasteiger partial charge in [-0.05, 0) is 78.8 Å². The Bertz CT molecular complexity index is 3230. The number of carbonyl (C=O) groups is 1. The molecule has 3 heterocycles. The first-order chi connectivity index (χ1) is 37.3. The highest BCUT2D eigenvalue weighted by molar-refractivity contribution is 7.51. The van der Waals surface area contributed by atoms with Crippen molar-refractivity contribution >= 4 is 37.4 Å². The van der Waals surface area contributed by atoms with Gasteiger partial charge in [0.15, 0.2) is 17.3 Å². The molecule has 1 unspecified atom stereocenters. The first kappa shape index (κ1) is 54.3. The van der Waals surface area contributed by atoms with Crippen LogP contribution in [0.4, 0.5) is 10.7 Å². The monoisotopic (exact) mass is 1060 g/mol. The van der Waals surface area contributed by atoms with Crippen LogP contribution in [0.15, 0.2) is 150 Å². The Labute approximate surface area is 447 Å². The molecule has 1 N–H and O–H groups in total. The van der Waals surface area contributed by atoms with Gasteiger partial charge in [-0.3, -0.25) is 18.8 Å². The molecule has 0 radical (unpaired) electrons. The summed E-state index contributed by atoms with van der Waals surface area (Å²) < 4.78 is 65.1. The minimum absolute atomic E-state index is 0.0145. The maximum atomic E-state index is 16.0. The minimum Gasteiger partial charge on any atom is -0.497 e. The molecule has 1 aliphatic carbocycles. The third kappa shape index (κ3) is 11.3. The van der Waals surface area contributed by atoms with Crippen LogP contribution >= 0.6 is 7.75 Å². The molecule has 1 aliphatic heterocycles. The van der Waals surface area contributed by atoms with Crippen molar-refractivity contribution < 1.29 is 42.1 Å². The van der Waals surface area contributed by atoms with Gasteiger partial charge >= 0.3 is 13.9 Å². The van der Waals surface area contributed by atoms with Gasteiger partial charge in [0.1, 0.15) is 30.2 Å². The van der Waals surface area contributed by atoms with Gasteiger partial charge in [0.2, 0.25) is 5.95 Å². The normalized spacial score (nSPS) is 18.3. The van der Waals surface area contributed by atoms with Crippen LogP contribution in [0, 0.1) is 11.3 Å². The molecule has 77 heavy (non-hydrogen) atoms. The predicted octanol–water partition coefficient (Wildman–Crippen LogP) is 10.2. The van der Waals surface area contributed by atoms with Crippen molar-refractivity contribution in [2.45, 2.75) is 82.1 Å². The van der Waals surface area contributed by atoms with E-state index in [0.717, 1.165) is 38.9 Å². The standard InChI is InChI=1S/C58H63N8O10P/c1-38(2)66(39(3)4)77(69,74-32-18-31-59)76-53-50(35-73-58(40-19-10-8-11-20-40,41-21-12-9-13-22-41)42-27-29-43(70-7)30-28-42)71-34-49(65-37-60-51-54(65)62-56(63-55(51)67)61-36-64(5)6)52(53)75-57(68)72-33-48-46-25-16-14-23-44(46)45-24-15-17-26-47(45)48/h8-17,19-30,36-39,48-50,52-53H,18,32-35H2,1-7H3,(H,62,63,67)/b61-36+/t49-,50-,52+,53-,77?/m1/s1. The lowest BCUT2D eigenvalue weighted by atomic mass is 9.80. The van der Waals surface area contributed by atoms with E-state index in [1.165, 1.54) is 12.7 Å². The molecule has 18 nitrogen and oxygen atoms in total. The van der Waals surface area contributed by atoms with Crippen molar-refractivity contribution in [3.8, 4) is 22.9 Å². The lowest BCUT2D eigenvalue weighted by molar-refractivity contribution is -0.185. The number of hydrogen-bond acceptors (Lipinski definition) is 14. The van der Waals surface area contributed by atoms with E-state index >= 15 is 4.57 Å². The molecule has 0 amide bonds. The Morgan fingerprint density at radius 2 is 1.47 bits per heavy atom. The lowest BCUT2D eigenvalue weighted by Gasteiger charge is -2.46. The first-order valence-electron chi connectivity index (χ1n) is 25.5. The summed E-state index contributed by atoms with van der Waals surface area (Å²) in [5, 5.41) is 9.71. The SMILES string of the molecule is COc1ccc(C(OC[C@H]2OC[C@@H](n3cnc4c(=O)[nH]c(/N=C/N(C)C)nc43)[C@H](OC(=O)OCC3c4ccccc4-c4ccccc43)[C@@H]2OP(=O)(OCCC#N)N(C(C)C)C(C)C)(c2ccccc2)c2ccccc2)cc1. The number of nitrogens with one attached hydrogen (secondary N) is 1. The van der Waals surface area contributed by atoms with E-state index in [-0.39, 0.29) is 55.9 Å². The maximum Gasteiger partial charge on any atom is 0.508 e. The fourth-order valence-electron chi connectivity index (χ4n) is 10.4. The van der Waals surface area contributed by atoms with Crippen LogP contribution in [0.25, 0.3) is 22.3 Å². The number of ether oxygens (including phenoxy) is 5. The number of nitrogens with zero attached hydrogens (tertiary/aromatic N) is 7. The topological polar surface area (TPSA) is 205 Å². The molecule has 2 aliphatic rings. The van der Waals surface area contributed by atoms with Crippen LogP contribution in [0.3, 0.4) is 0 Å². The average Bonchev–Trinajstić information content (AvgIpc) is 4.06. The number of aromatic nitrogens is 4. The summed E-state index contributed by atoms with van der Waals surface area (Å²) in [5.41, 5.74) is 4.55. The van der Waals surface area contributed by atoms with Crippen molar-refractivity contribution in [3.05, 3.63) is 178 Å². The summed E-state index contributed by atoms with van der Waals surface area (Å²) in [7, 11) is 0.637. The Morgan fingerprint density at radius 3 is 2.05 bits per heavy atom. The predicted molar refractivity (Wildman–Crippen MR) is 291 cm³/mol. The second kappa shape index (κ2) is 23.8. The molecular formula is C58H63N8O10P. The molecule has 0 saturated carbocycles. The average molecular weight is 1060 g/mol. The molecule has 2 aromatic heterocycles. The molecule has 1 fully saturated rings. The number of H-pyrrole nitrogens is 1. The number of aliphatic imine (C=N–C) groups is 1. The van der Waals surface area contributed by atoms with Crippen LogP contribution in [0.1, 0.15) is 73.9 Å². The van der Waals surface area contributed by atoms with Crippen LogP contribution in [-0.2, 0) is 38.2 Å². The van der Waals surface area contributed by atoms with Gasteiger partial charge in [-0.15, -0.1) is 0 Å². The quantitative estimate of drug-likeness (QED) is 0.0178. The van der Waals surface area contributed by atoms with Crippen LogP contribution < -0.4 is 10.3 Å². The summed E-state index contributed by atoms with van der Waals surface area (Å²) in [6.07, 6.45) is -2.39. The number of carbonyl (C=O) groups excluding carboxylic acids is 1. The van der Waals surface area contributed by atoms with Crippen molar-refractivity contribution in [2.75, 3.05) is 47.6 Å². The van der Waals surface area contributed by atoms with E-state index in [9.17, 15) is 14.9 Å². The highest BCUT2D eigenvalue weighted by Gasteiger charge is 2.52. The third-order valence-electron chi connectivity index (χ3n) is 13.7. The van der Waals surface area contributed by atoms with E-state index in [1.807, 2.05) is 161 Å². The van der Waals surface area contributed by atoms with E-state index < -0.39 is 61.5 Å². The highest BCUT2D eigenvalue weighted by Crippen LogP contribution is 2.57. The van der Waals surface area contributed by atoms with Crippen molar-refractivity contribution in [1.29, 1.82) is 5.26 Å². The number of rotatable bonds is 21. The molecule has 5 atom stereocenters. The molecule has 0 spiro atoms. The van der Waals surface area contributed by atoms with Gasteiger partial charge < -0.3 is 33.2 Å². The van der Waals surface area contributed by atoms with E-state index in [0.29, 0.717) is 5.75 Å². The zero-order chi connectivity index (χ0) is 54.3. The summed E-state index contributed by atoms with van der Waals surface area (Å²) in [6, 6.07) is 43.2. The molecule has 1 saturated heterocycles. The first-order valence-corrected chi connectivity index (χ1v) is 27.0. The highest BCUT2D eigenvalue weighted by atomic mass is 31.2. The van der Waals surface area contributed by atoms with Crippen LogP contribution in [0.5, 0.6) is 5.75 Å². The van der Waals surface area contributed by atoms with Crippen molar-refractivity contribution in [1.82, 2.24) is 29.1 Å². The van der Waals surface area contributed by atoms with Gasteiger partial charge in [0.05, 0.1) is 58.1 Å². The number of benzene rings is 5. The number of imidazole rings is 1. The second-order valence-corrected chi connectivity index (χ2v) is 21.4. The molecule has 5 aromatic carbocycles. The number of fused-ring (bicyclic) bond motifs is 4. The molecule has 0 bridgehead atoms. The number of methoxy groups -OCH3 is 1. The largest absolute Gasteiger partial charge is 0.508 e. The molecule has 7 aromatic rings. The Balaban J connectivity index is 1.19. The number of aromatic amines is 1. The van der Waals surface area contributed by atoms with Gasteiger partial charge in [-0.25, -0.2) is 24.0 Å². The number of nitriles is 1. The third-order valence-corrected chi connectivity index (χ3v) is 16.2. The molecular weight excluding hydrogens is 1000 g/mol. The summed E-state index contributed by atoms with van der Waals surface area (Å²) in [4.78, 5) is 46.4. The zero-order valence-corrected chi connectivity index (χ0v) is 45.0. The Hall–Kier alpha value is -7.49. The fourth-order valence-corrected chi connectivity index (χ4v) is 12.7. The van der Waals surface area contributed by atoms with Gasteiger partial charge in [0.25, 0.3) is 5.56 Å². The molecule has 400 valence electrons. The van der Waals surface area contributed by atoms with E-state index in [1.54, 1.807) is 35.3 Å². The van der Waals surface area contributed by atoms with Gasteiger partial charge in [-0.1, -0.05) is 121 Å². The Morgan fingerprint density at radius 1 is 0.870 bits per heavy atom. The van der Waals surface area contributed by atoms with Crippen molar-refractivity contribution in [3.63, 3.8) is 0 Å². The molecule has 19 heteroatoms. The Kier molecular flexibility index (Phi) is 16.8. The number of hydrogen-bond donors (Lipinski definition) is 1. The smallest absolute Gasteiger partial charge is 0.497 e. The fraction of sp³-hybridized carbons (Fsp3) is 0.345. The van der Waals surface area contributed by atoms with Gasteiger partial charge in [0, 0.05) is 32.1 Å². The second-order valence-electron chi connectivity index (χ2n) is 19.5. The van der Waals surface area contributed by atoms with E-state index in [2.05, 4.69) is 21.0 Å². The summed E-state index contributed by atoms with van der Waals surface area (Å²) in [5.74, 6) is 0.309. The van der Waals surface area contributed by atoms with E-state index in [4.69, 9.17) is 37.7 Å². The summed E-state index contributed by atoms with van der Waals surface area (Å²) >= 11 is 0. The van der Waals surface area contributed by atoms with Crippen LogP contribution in [-0.4, -0.2) is 120 Å². The lowest BCUT2D eigenvalue weighted by Crippen LogP contribution is -2.56. The molecule has 9 rings (SSSR count). The van der Waals surface area contributed by atoms with Crippen molar-refractivity contribution in [2.24, 2.45) is 4.99 Å². The minimum atomic E-state index is -4.52. The van der Waals surface area contributed by atoms with Crippen LogP contribution in [0.2, 0.25) is 0 Å². The zero-order valence-electron chi connectivity index (χ0n) is 44.1. The van der Waals surface area contributed by atoms with Gasteiger partial charge in [-0.2, -0.15) is 10.2 Å². The summed E-state index contributed by atoms with van der Waals surface area (Å²) in [6.45, 7) is 6.63. The maximum absolute atomic E-state index is 16.0.